The monoisotopic (exact) mass is 402 g/mol. The summed E-state index contributed by atoms with van der Waals surface area (Å²) in [7, 11) is 0. The zero-order valence-corrected chi connectivity index (χ0v) is 16.2. The van der Waals surface area contributed by atoms with E-state index in [9.17, 15) is 4.79 Å². The average molecular weight is 403 g/mol. The number of thioether (sulfide) groups is 1. The van der Waals surface area contributed by atoms with Gasteiger partial charge in [0.25, 0.3) is 0 Å². The molecule has 1 aromatic carbocycles. The van der Waals surface area contributed by atoms with Gasteiger partial charge in [0.2, 0.25) is 5.95 Å². The van der Waals surface area contributed by atoms with Gasteiger partial charge in [-0.25, -0.2) is 0 Å². The smallest absolute Gasteiger partial charge is 0.228 e. The number of hydrogen-bond acceptors (Lipinski definition) is 6. The Balaban J connectivity index is 1.52. The van der Waals surface area contributed by atoms with Crippen LogP contribution >= 0.6 is 23.4 Å². The van der Waals surface area contributed by atoms with Crippen LogP contribution in [-0.2, 0) is 6.54 Å². The average Bonchev–Trinajstić information content (AvgIpc) is 3.43. The number of ketones is 1. The number of carbonyl (C=O) groups excluding carboxylic acids is 1. The fraction of sp³-hybridized carbons (Fsp3) is 0.316. The minimum atomic E-state index is 0.0342. The molecule has 0 radical (unpaired) electrons. The lowest BCUT2D eigenvalue weighted by Gasteiger charge is -2.17. The second-order valence-electron chi connectivity index (χ2n) is 6.36. The standard InChI is InChI=1S/C19H19ClN4O2S/c20-15-7-5-14(6-8-15)17(25)13-27-19-22-21-18(23-9-1-2-10-23)24(19)12-16-4-3-11-26-16/h3-8,11H,1-2,9-10,12-13H2. The normalized spacial score (nSPS) is 14.0. The number of halogens is 1. The molecule has 1 saturated heterocycles. The highest BCUT2D eigenvalue weighted by atomic mass is 35.5. The quantitative estimate of drug-likeness (QED) is 0.437. The lowest BCUT2D eigenvalue weighted by Crippen LogP contribution is -2.22. The van der Waals surface area contributed by atoms with Crippen molar-refractivity contribution in [3.8, 4) is 0 Å². The summed E-state index contributed by atoms with van der Waals surface area (Å²) in [6.07, 6.45) is 3.97. The molecule has 3 heterocycles. The molecule has 6 nitrogen and oxygen atoms in total. The molecule has 0 bridgehead atoms. The third kappa shape index (κ3) is 4.20. The molecule has 4 rings (SSSR count). The molecule has 1 aliphatic rings. The van der Waals surface area contributed by atoms with Crippen molar-refractivity contribution < 1.29 is 9.21 Å². The van der Waals surface area contributed by atoms with E-state index in [4.69, 9.17) is 16.0 Å². The number of Topliss-reactive ketones (excluding diaryl/α,β-unsaturated/α-hetero) is 1. The van der Waals surface area contributed by atoms with Crippen molar-refractivity contribution in [2.75, 3.05) is 23.7 Å². The van der Waals surface area contributed by atoms with Crippen LogP contribution in [0.3, 0.4) is 0 Å². The third-order valence-corrected chi connectivity index (χ3v) is 5.70. The van der Waals surface area contributed by atoms with Gasteiger partial charge in [0.05, 0.1) is 18.6 Å². The van der Waals surface area contributed by atoms with Gasteiger partial charge in [-0.05, 0) is 49.2 Å². The maximum atomic E-state index is 12.5. The van der Waals surface area contributed by atoms with Gasteiger partial charge in [-0.1, -0.05) is 23.4 Å². The Bertz CT molecular complexity index is 902. The molecular formula is C19H19ClN4O2S. The minimum Gasteiger partial charge on any atom is -0.467 e. The first-order chi connectivity index (χ1) is 13.2. The molecule has 0 aliphatic carbocycles. The molecule has 1 aliphatic heterocycles. The molecule has 0 N–H and O–H groups in total. The van der Waals surface area contributed by atoms with Crippen LogP contribution in [0.15, 0.2) is 52.2 Å². The van der Waals surface area contributed by atoms with Crippen LogP contribution in [0.4, 0.5) is 5.95 Å². The summed E-state index contributed by atoms with van der Waals surface area (Å²) in [5.41, 5.74) is 0.642. The summed E-state index contributed by atoms with van der Waals surface area (Å²) in [4.78, 5) is 14.7. The summed E-state index contributed by atoms with van der Waals surface area (Å²) in [6, 6.07) is 10.7. The molecule has 0 unspecified atom stereocenters. The molecule has 27 heavy (non-hydrogen) atoms. The first-order valence-electron chi connectivity index (χ1n) is 8.83. The van der Waals surface area contributed by atoms with Crippen molar-refractivity contribution in [3.63, 3.8) is 0 Å². The predicted molar refractivity (Wildman–Crippen MR) is 106 cm³/mol. The highest BCUT2D eigenvalue weighted by Gasteiger charge is 2.22. The molecule has 0 spiro atoms. The van der Waals surface area contributed by atoms with Gasteiger partial charge in [0.15, 0.2) is 10.9 Å². The first-order valence-corrected chi connectivity index (χ1v) is 10.2. The SMILES string of the molecule is O=C(CSc1nnc(N2CCCC2)n1Cc1ccco1)c1ccc(Cl)cc1. The summed E-state index contributed by atoms with van der Waals surface area (Å²) in [6.45, 7) is 2.50. The molecule has 1 fully saturated rings. The van der Waals surface area contributed by atoms with Crippen molar-refractivity contribution in [2.24, 2.45) is 0 Å². The second kappa shape index (κ2) is 8.19. The van der Waals surface area contributed by atoms with Crippen molar-refractivity contribution in [2.45, 2.75) is 24.5 Å². The van der Waals surface area contributed by atoms with Gasteiger partial charge in [-0.3, -0.25) is 9.36 Å². The molecule has 0 atom stereocenters. The topological polar surface area (TPSA) is 64.2 Å². The molecule has 0 amide bonds. The molecule has 0 saturated carbocycles. The van der Waals surface area contributed by atoms with E-state index in [-0.39, 0.29) is 11.5 Å². The number of nitrogens with zero attached hydrogens (tertiary/aromatic N) is 4. The summed E-state index contributed by atoms with van der Waals surface area (Å²) < 4.78 is 7.53. The Labute approximate surface area is 166 Å². The van der Waals surface area contributed by atoms with Gasteiger partial charge in [0, 0.05) is 23.7 Å². The molecular weight excluding hydrogens is 384 g/mol. The van der Waals surface area contributed by atoms with Gasteiger partial charge in [0.1, 0.15) is 5.76 Å². The molecule has 3 aromatic rings. The third-order valence-electron chi connectivity index (χ3n) is 4.48. The second-order valence-corrected chi connectivity index (χ2v) is 7.74. The van der Waals surface area contributed by atoms with Gasteiger partial charge >= 0.3 is 0 Å². The van der Waals surface area contributed by atoms with Crippen LogP contribution < -0.4 is 4.90 Å². The van der Waals surface area contributed by atoms with E-state index in [0.717, 1.165) is 42.8 Å². The Kier molecular flexibility index (Phi) is 5.50. The summed E-state index contributed by atoms with van der Waals surface area (Å²) in [5, 5.41) is 10.1. The largest absolute Gasteiger partial charge is 0.467 e. The number of aromatic nitrogens is 3. The number of rotatable bonds is 7. The maximum absolute atomic E-state index is 12.5. The highest BCUT2D eigenvalue weighted by molar-refractivity contribution is 7.99. The molecule has 2 aromatic heterocycles. The van der Waals surface area contributed by atoms with Crippen molar-refractivity contribution >= 4 is 35.1 Å². The number of hydrogen-bond donors (Lipinski definition) is 0. The van der Waals surface area contributed by atoms with Crippen molar-refractivity contribution in [1.82, 2.24) is 14.8 Å². The Morgan fingerprint density at radius 2 is 1.93 bits per heavy atom. The number of benzene rings is 1. The van der Waals surface area contributed by atoms with E-state index in [1.807, 2.05) is 16.7 Å². The lowest BCUT2D eigenvalue weighted by molar-refractivity contribution is 0.102. The number of anilines is 1. The van der Waals surface area contributed by atoms with Crippen LogP contribution in [-0.4, -0.2) is 39.4 Å². The predicted octanol–water partition coefficient (Wildman–Crippen LogP) is 4.15. The number of furan rings is 1. The highest BCUT2D eigenvalue weighted by Crippen LogP contribution is 2.26. The van der Waals surface area contributed by atoms with Crippen LogP contribution in [0, 0.1) is 0 Å². The van der Waals surface area contributed by atoms with Crippen molar-refractivity contribution in [3.05, 3.63) is 59.0 Å². The van der Waals surface area contributed by atoms with E-state index in [1.54, 1.807) is 30.5 Å². The van der Waals surface area contributed by atoms with Crippen LogP contribution in [0.25, 0.3) is 0 Å². The van der Waals surface area contributed by atoms with Crippen LogP contribution in [0.1, 0.15) is 29.0 Å². The van der Waals surface area contributed by atoms with E-state index in [1.165, 1.54) is 11.8 Å². The summed E-state index contributed by atoms with van der Waals surface area (Å²) >= 11 is 7.29. The minimum absolute atomic E-state index is 0.0342. The Hall–Kier alpha value is -2.25. The molecule has 8 heteroatoms. The number of carbonyl (C=O) groups is 1. The lowest BCUT2D eigenvalue weighted by atomic mass is 10.1. The van der Waals surface area contributed by atoms with Gasteiger partial charge < -0.3 is 9.32 Å². The fourth-order valence-electron chi connectivity index (χ4n) is 3.08. The van der Waals surface area contributed by atoms with Crippen molar-refractivity contribution in [1.29, 1.82) is 0 Å². The summed E-state index contributed by atoms with van der Waals surface area (Å²) in [5.74, 6) is 2.00. The van der Waals surface area contributed by atoms with Gasteiger partial charge in [-0.15, -0.1) is 10.2 Å². The zero-order valence-electron chi connectivity index (χ0n) is 14.7. The Morgan fingerprint density at radius 3 is 2.63 bits per heavy atom. The van der Waals surface area contributed by atoms with E-state index in [2.05, 4.69) is 15.1 Å². The zero-order chi connectivity index (χ0) is 18.6. The van der Waals surface area contributed by atoms with Gasteiger partial charge in [-0.2, -0.15) is 0 Å². The van der Waals surface area contributed by atoms with E-state index >= 15 is 0 Å². The van der Waals surface area contributed by atoms with E-state index in [0.29, 0.717) is 17.1 Å². The Morgan fingerprint density at radius 1 is 1.15 bits per heavy atom. The van der Waals surface area contributed by atoms with Crippen LogP contribution in [0.5, 0.6) is 0 Å². The first kappa shape index (κ1) is 18.1. The molecule has 140 valence electrons. The van der Waals surface area contributed by atoms with Crippen LogP contribution in [0.2, 0.25) is 5.02 Å². The van der Waals surface area contributed by atoms with E-state index < -0.39 is 0 Å². The fourth-order valence-corrected chi connectivity index (χ4v) is 4.04. The maximum Gasteiger partial charge on any atom is 0.228 e.